The molecular weight excluding hydrogens is 292 g/mol. The van der Waals surface area contributed by atoms with Crippen molar-refractivity contribution >= 4 is 23.0 Å². The number of benzene rings is 2. The first-order chi connectivity index (χ1) is 9.88. The monoisotopic (exact) mass is 306 g/mol. The molecule has 0 atom stereocenters. The van der Waals surface area contributed by atoms with Gasteiger partial charge >= 0.3 is 0 Å². The Balaban J connectivity index is 2.22. The molecule has 0 aromatic heterocycles. The first-order valence-electron chi connectivity index (χ1n) is 6.35. The van der Waals surface area contributed by atoms with Crippen molar-refractivity contribution in [1.29, 1.82) is 0 Å². The van der Waals surface area contributed by atoms with Crippen molar-refractivity contribution in [2.75, 3.05) is 5.32 Å². The van der Waals surface area contributed by atoms with Crippen LogP contribution in [0.5, 0.6) is 5.75 Å². The van der Waals surface area contributed by atoms with Crippen LogP contribution in [0.15, 0.2) is 30.3 Å². The first kappa shape index (κ1) is 15.1. The maximum Gasteiger partial charge on any atom is 0.293 e. The minimum Gasteiger partial charge on any atom is -0.507 e. The van der Waals surface area contributed by atoms with E-state index in [0.717, 1.165) is 16.7 Å². The highest BCUT2D eigenvalue weighted by Gasteiger charge is 2.14. The van der Waals surface area contributed by atoms with Gasteiger partial charge in [-0.3, -0.25) is 10.1 Å². The number of phenols is 1. The summed E-state index contributed by atoms with van der Waals surface area (Å²) in [7, 11) is 0. The molecule has 6 heteroatoms. The largest absolute Gasteiger partial charge is 0.507 e. The number of nitrogens with one attached hydrogen (secondary N) is 1. The van der Waals surface area contributed by atoms with Gasteiger partial charge in [0, 0.05) is 17.6 Å². The third-order valence-corrected chi connectivity index (χ3v) is 3.43. The standard InChI is InChI=1S/C15H15ClN2O3/c1-9-5-11(6-10(2)15(9)19)8-17-13-4-3-12(16)7-14(13)18(20)21/h3-7,17,19H,8H2,1-2H3. The van der Waals surface area contributed by atoms with Crippen LogP contribution in [0.3, 0.4) is 0 Å². The van der Waals surface area contributed by atoms with Crippen LogP contribution in [-0.2, 0) is 6.54 Å². The molecule has 2 N–H and O–H groups in total. The lowest BCUT2D eigenvalue weighted by atomic mass is 10.1. The summed E-state index contributed by atoms with van der Waals surface area (Å²) in [5.41, 5.74) is 2.84. The van der Waals surface area contributed by atoms with E-state index >= 15 is 0 Å². The summed E-state index contributed by atoms with van der Waals surface area (Å²) in [5.74, 6) is 0.274. The molecule has 2 aromatic rings. The molecule has 0 aliphatic rings. The van der Waals surface area contributed by atoms with E-state index in [4.69, 9.17) is 11.6 Å². The summed E-state index contributed by atoms with van der Waals surface area (Å²) in [6.07, 6.45) is 0. The SMILES string of the molecule is Cc1cc(CNc2ccc(Cl)cc2[N+](=O)[O-])cc(C)c1O. The van der Waals surface area contributed by atoms with E-state index < -0.39 is 4.92 Å². The number of rotatable bonds is 4. The number of aryl methyl sites for hydroxylation is 2. The summed E-state index contributed by atoms with van der Waals surface area (Å²) >= 11 is 5.78. The van der Waals surface area contributed by atoms with Crippen LogP contribution in [0.1, 0.15) is 16.7 Å². The molecule has 0 fully saturated rings. The number of anilines is 1. The van der Waals surface area contributed by atoms with Crippen LogP contribution in [0.2, 0.25) is 5.02 Å². The number of nitro groups is 1. The summed E-state index contributed by atoms with van der Waals surface area (Å²) < 4.78 is 0. The van der Waals surface area contributed by atoms with E-state index in [0.29, 0.717) is 17.3 Å². The van der Waals surface area contributed by atoms with Crippen molar-refractivity contribution in [1.82, 2.24) is 0 Å². The quantitative estimate of drug-likeness (QED) is 0.656. The average Bonchev–Trinajstić information content (AvgIpc) is 2.43. The van der Waals surface area contributed by atoms with Gasteiger partial charge in [0.1, 0.15) is 11.4 Å². The Bertz CT molecular complexity index is 678. The van der Waals surface area contributed by atoms with Gasteiger partial charge in [0.2, 0.25) is 0 Å². The second-order valence-corrected chi connectivity index (χ2v) is 5.29. The molecular formula is C15H15ClN2O3. The van der Waals surface area contributed by atoms with E-state index in [-0.39, 0.29) is 11.4 Å². The zero-order valence-electron chi connectivity index (χ0n) is 11.7. The number of hydrogen-bond acceptors (Lipinski definition) is 4. The van der Waals surface area contributed by atoms with Gasteiger partial charge in [-0.05, 0) is 42.7 Å². The number of hydrogen-bond donors (Lipinski definition) is 2. The molecule has 0 saturated carbocycles. The van der Waals surface area contributed by atoms with Gasteiger partial charge in [0.25, 0.3) is 5.69 Å². The number of aromatic hydroxyl groups is 1. The molecule has 0 aliphatic heterocycles. The van der Waals surface area contributed by atoms with E-state index in [9.17, 15) is 15.2 Å². The minimum atomic E-state index is -0.471. The molecule has 0 saturated heterocycles. The third kappa shape index (κ3) is 3.44. The van der Waals surface area contributed by atoms with E-state index in [1.165, 1.54) is 6.07 Å². The predicted molar refractivity (Wildman–Crippen MR) is 83.0 cm³/mol. The highest BCUT2D eigenvalue weighted by atomic mass is 35.5. The third-order valence-electron chi connectivity index (χ3n) is 3.19. The van der Waals surface area contributed by atoms with Crippen LogP contribution in [0, 0.1) is 24.0 Å². The number of phenolic OH excluding ortho intramolecular Hbond substituents is 1. The fourth-order valence-corrected chi connectivity index (χ4v) is 2.32. The summed E-state index contributed by atoms with van der Waals surface area (Å²) in [6.45, 7) is 4.05. The summed E-state index contributed by atoms with van der Waals surface area (Å²) in [6, 6.07) is 8.19. The fourth-order valence-electron chi connectivity index (χ4n) is 2.15. The zero-order valence-corrected chi connectivity index (χ0v) is 12.4. The molecule has 0 radical (unpaired) electrons. The van der Waals surface area contributed by atoms with Gasteiger partial charge in [-0.2, -0.15) is 0 Å². The molecule has 0 amide bonds. The molecule has 2 aromatic carbocycles. The Hall–Kier alpha value is -2.27. The predicted octanol–water partition coefficient (Wildman–Crippen LogP) is 4.18. The molecule has 5 nitrogen and oxygen atoms in total. The van der Waals surface area contributed by atoms with Crippen LogP contribution in [0.4, 0.5) is 11.4 Å². The molecule has 0 bridgehead atoms. The number of nitrogens with zero attached hydrogens (tertiary/aromatic N) is 1. The summed E-state index contributed by atoms with van der Waals surface area (Å²) in [5, 5.41) is 24.1. The van der Waals surface area contributed by atoms with Crippen molar-refractivity contribution in [3.63, 3.8) is 0 Å². The van der Waals surface area contributed by atoms with Crippen molar-refractivity contribution in [2.24, 2.45) is 0 Å². The molecule has 110 valence electrons. The molecule has 0 unspecified atom stereocenters. The maximum atomic E-state index is 11.0. The van der Waals surface area contributed by atoms with Gasteiger partial charge in [0.15, 0.2) is 0 Å². The van der Waals surface area contributed by atoms with Gasteiger partial charge in [0.05, 0.1) is 4.92 Å². The lowest BCUT2D eigenvalue weighted by Crippen LogP contribution is -2.03. The van der Waals surface area contributed by atoms with E-state index in [2.05, 4.69) is 5.32 Å². The Morgan fingerprint density at radius 2 is 1.86 bits per heavy atom. The lowest BCUT2D eigenvalue weighted by molar-refractivity contribution is -0.383. The topological polar surface area (TPSA) is 75.4 Å². The average molecular weight is 307 g/mol. The lowest BCUT2D eigenvalue weighted by Gasteiger charge is -2.10. The smallest absolute Gasteiger partial charge is 0.293 e. The number of halogens is 1. The van der Waals surface area contributed by atoms with Crippen molar-refractivity contribution in [3.8, 4) is 5.75 Å². The normalized spacial score (nSPS) is 10.4. The molecule has 21 heavy (non-hydrogen) atoms. The van der Waals surface area contributed by atoms with Crippen LogP contribution in [0.25, 0.3) is 0 Å². The van der Waals surface area contributed by atoms with Crippen LogP contribution >= 0.6 is 11.6 Å². The van der Waals surface area contributed by atoms with Gasteiger partial charge in [-0.1, -0.05) is 23.7 Å². The molecule has 0 aliphatic carbocycles. The second-order valence-electron chi connectivity index (χ2n) is 4.85. The Kier molecular flexibility index (Phi) is 4.33. The molecule has 2 rings (SSSR count). The first-order valence-corrected chi connectivity index (χ1v) is 6.73. The van der Waals surface area contributed by atoms with Gasteiger partial charge in [-0.25, -0.2) is 0 Å². The van der Waals surface area contributed by atoms with Crippen LogP contribution in [-0.4, -0.2) is 10.0 Å². The zero-order chi connectivity index (χ0) is 15.6. The Morgan fingerprint density at radius 1 is 1.24 bits per heavy atom. The summed E-state index contributed by atoms with van der Waals surface area (Å²) in [4.78, 5) is 10.5. The van der Waals surface area contributed by atoms with Gasteiger partial charge in [-0.15, -0.1) is 0 Å². The van der Waals surface area contributed by atoms with E-state index in [1.54, 1.807) is 12.1 Å². The highest BCUT2D eigenvalue weighted by Crippen LogP contribution is 2.29. The van der Waals surface area contributed by atoms with Crippen molar-refractivity contribution in [3.05, 3.63) is 62.2 Å². The van der Waals surface area contributed by atoms with Crippen molar-refractivity contribution in [2.45, 2.75) is 20.4 Å². The van der Waals surface area contributed by atoms with Gasteiger partial charge < -0.3 is 10.4 Å². The number of nitro benzene ring substituents is 1. The highest BCUT2D eigenvalue weighted by molar-refractivity contribution is 6.30. The Labute approximate surface area is 127 Å². The van der Waals surface area contributed by atoms with E-state index in [1.807, 2.05) is 26.0 Å². The molecule has 0 heterocycles. The second kappa shape index (κ2) is 6.01. The Morgan fingerprint density at radius 3 is 2.43 bits per heavy atom. The van der Waals surface area contributed by atoms with Crippen molar-refractivity contribution < 1.29 is 10.0 Å². The minimum absolute atomic E-state index is 0.0604. The van der Waals surface area contributed by atoms with Crippen LogP contribution < -0.4 is 5.32 Å². The fraction of sp³-hybridized carbons (Fsp3) is 0.200. The maximum absolute atomic E-state index is 11.0. The molecule has 0 spiro atoms.